The van der Waals surface area contributed by atoms with E-state index in [0.29, 0.717) is 31.5 Å². The van der Waals surface area contributed by atoms with Crippen molar-refractivity contribution < 1.29 is 22.9 Å². The first-order valence-corrected chi connectivity index (χ1v) is 12.0. The van der Waals surface area contributed by atoms with Gasteiger partial charge in [0.05, 0.1) is 9.82 Å². The Morgan fingerprint density at radius 2 is 1.73 bits per heavy atom. The van der Waals surface area contributed by atoms with E-state index in [9.17, 15) is 28.1 Å². The summed E-state index contributed by atoms with van der Waals surface area (Å²) in [7, 11) is -4.03. The van der Waals surface area contributed by atoms with Gasteiger partial charge >= 0.3 is 0 Å². The highest BCUT2D eigenvalue weighted by Gasteiger charge is 2.25. The molecular weight excluding hydrogens is 448 g/mol. The average molecular weight is 475 g/mol. The second-order valence-electron chi connectivity index (χ2n) is 8.17. The van der Waals surface area contributed by atoms with Crippen LogP contribution in [0.5, 0.6) is 0 Å². The minimum Gasteiger partial charge on any atom is -0.349 e. The van der Waals surface area contributed by atoms with Crippen LogP contribution in [0, 0.1) is 16.0 Å². The number of carbonyl (C=O) groups is 2. The van der Waals surface area contributed by atoms with E-state index in [0.717, 1.165) is 6.07 Å². The summed E-state index contributed by atoms with van der Waals surface area (Å²) in [5.74, 6) is -0.219. The number of rotatable bonds is 7. The molecule has 1 aliphatic heterocycles. The van der Waals surface area contributed by atoms with Crippen LogP contribution >= 0.6 is 0 Å². The molecule has 11 heteroatoms. The zero-order valence-corrected chi connectivity index (χ0v) is 19.2. The van der Waals surface area contributed by atoms with Gasteiger partial charge in [-0.1, -0.05) is 19.9 Å². The van der Waals surface area contributed by atoms with E-state index in [1.54, 1.807) is 0 Å². The van der Waals surface area contributed by atoms with Crippen LogP contribution in [0.4, 0.5) is 11.4 Å². The minimum absolute atomic E-state index is 0.0410. The molecule has 33 heavy (non-hydrogen) atoms. The van der Waals surface area contributed by atoms with Crippen LogP contribution in [-0.4, -0.2) is 49.2 Å². The molecule has 2 aromatic rings. The lowest BCUT2D eigenvalue weighted by atomic mass is 10.0. The van der Waals surface area contributed by atoms with E-state index in [2.05, 4.69) is 10.0 Å². The Morgan fingerprint density at radius 1 is 1.09 bits per heavy atom. The second kappa shape index (κ2) is 9.99. The van der Waals surface area contributed by atoms with Gasteiger partial charge in [-0.2, -0.15) is 0 Å². The maximum Gasteiger partial charge on any atom is 0.270 e. The van der Waals surface area contributed by atoms with Gasteiger partial charge in [0.25, 0.3) is 21.6 Å². The van der Waals surface area contributed by atoms with Crippen molar-refractivity contribution in [1.29, 1.82) is 0 Å². The number of hydrogen-bond donors (Lipinski definition) is 2. The predicted molar refractivity (Wildman–Crippen MR) is 122 cm³/mol. The van der Waals surface area contributed by atoms with Gasteiger partial charge in [-0.15, -0.1) is 0 Å². The maximum absolute atomic E-state index is 12.6. The number of sulfonamides is 1. The molecular formula is C22H26N4O6S. The molecule has 3 rings (SSSR count). The molecule has 10 nitrogen and oxygen atoms in total. The first-order chi connectivity index (χ1) is 15.6. The molecule has 176 valence electrons. The smallest absolute Gasteiger partial charge is 0.270 e. The lowest BCUT2D eigenvalue weighted by Gasteiger charge is -2.33. The summed E-state index contributed by atoms with van der Waals surface area (Å²) in [5, 5.41) is 13.8. The van der Waals surface area contributed by atoms with E-state index in [1.807, 2.05) is 18.7 Å². The fourth-order valence-corrected chi connectivity index (χ4v) is 4.64. The number of nitro groups is 1. The van der Waals surface area contributed by atoms with Crippen LogP contribution < -0.4 is 10.0 Å². The Bertz CT molecular complexity index is 1140. The van der Waals surface area contributed by atoms with Gasteiger partial charge in [-0.25, -0.2) is 8.42 Å². The number of nitro benzene ring substituents is 1. The predicted octanol–water partition coefficient (Wildman–Crippen LogP) is 2.77. The second-order valence-corrected chi connectivity index (χ2v) is 9.85. The number of benzene rings is 2. The quantitative estimate of drug-likeness (QED) is 0.467. The highest BCUT2D eigenvalue weighted by atomic mass is 32.2. The summed E-state index contributed by atoms with van der Waals surface area (Å²) in [5.41, 5.74) is 0.261. The normalized spacial score (nSPS) is 14.7. The number of hydrogen-bond acceptors (Lipinski definition) is 6. The molecule has 1 fully saturated rings. The van der Waals surface area contributed by atoms with Gasteiger partial charge in [0, 0.05) is 48.4 Å². The standard InChI is InChI=1S/C22H26N4O6S/c1-15(2)22(28)25-12-10-17(11-13-25)23-21(27)16-6-8-18(9-7-16)24-33(31,32)20-5-3-4-19(14-20)26(29)30/h3-9,14-15,17,24H,10-13H2,1-2H3,(H,23,27). The number of nitrogens with one attached hydrogen (secondary N) is 2. The van der Waals surface area contributed by atoms with E-state index < -0.39 is 14.9 Å². The van der Waals surface area contributed by atoms with Crippen molar-refractivity contribution >= 4 is 33.2 Å². The molecule has 0 saturated carbocycles. The third kappa shape index (κ3) is 6.07. The van der Waals surface area contributed by atoms with Crippen molar-refractivity contribution in [2.24, 2.45) is 5.92 Å². The van der Waals surface area contributed by atoms with Crippen LogP contribution in [0.25, 0.3) is 0 Å². The number of amides is 2. The van der Waals surface area contributed by atoms with E-state index in [1.165, 1.54) is 42.5 Å². The number of piperidine rings is 1. The molecule has 0 atom stereocenters. The number of non-ortho nitro benzene ring substituents is 1. The summed E-state index contributed by atoms with van der Waals surface area (Å²) >= 11 is 0. The summed E-state index contributed by atoms with van der Waals surface area (Å²) in [6.07, 6.45) is 1.34. The van der Waals surface area contributed by atoms with Gasteiger partial charge in [-0.05, 0) is 43.2 Å². The fraction of sp³-hybridized carbons (Fsp3) is 0.364. The maximum atomic E-state index is 12.6. The minimum atomic E-state index is -4.03. The molecule has 1 heterocycles. The highest BCUT2D eigenvalue weighted by Crippen LogP contribution is 2.21. The Kier molecular flexibility index (Phi) is 7.32. The van der Waals surface area contributed by atoms with E-state index >= 15 is 0 Å². The van der Waals surface area contributed by atoms with Gasteiger partial charge < -0.3 is 10.2 Å². The lowest BCUT2D eigenvalue weighted by molar-refractivity contribution is -0.385. The molecule has 0 radical (unpaired) electrons. The SMILES string of the molecule is CC(C)C(=O)N1CCC(NC(=O)c2ccc(NS(=O)(=O)c3cccc([N+](=O)[O-])c3)cc2)CC1. The van der Waals surface area contributed by atoms with Crippen LogP contribution in [0.1, 0.15) is 37.0 Å². The largest absolute Gasteiger partial charge is 0.349 e. The average Bonchev–Trinajstić information content (AvgIpc) is 2.79. The van der Waals surface area contributed by atoms with E-state index in [-0.39, 0.29) is 40.0 Å². The third-order valence-electron chi connectivity index (χ3n) is 5.37. The van der Waals surface area contributed by atoms with Crippen molar-refractivity contribution in [3.05, 3.63) is 64.2 Å². The topological polar surface area (TPSA) is 139 Å². The first kappa shape index (κ1) is 24.2. The summed E-state index contributed by atoms with van der Waals surface area (Å²) in [6.45, 7) is 4.92. The first-order valence-electron chi connectivity index (χ1n) is 10.5. The van der Waals surface area contributed by atoms with Gasteiger partial charge in [0.2, 0.25) is 5.91 Å². The molecule has 0 bridgehead atoms. The van der Waals surface area contributed by atoms with Crippen molar-refractivity contribution in [3.8, 4) is 0 Å². The lowest BCUT2D eigenvalue weighted by Crippen LogP contribution is -2.47. The van der Waals surface area contributed by atoms with Crippen LogP contribution in [-0.2, 0) is 14.8 Å². The van der Waals surface area contributed by atoms with Crippen LogP contribution in [0.15, 0.2) is 53.4 Å². The fourth-order valence-electron chi connectivity index (χ4n) is 3.55. The van der Waals surface area contributed by atoms with Gasteiger partial charge in [-0.3, -0.25) is 24.4 Å². The van der Waals surface area contributed by atoms with Crippen LogP contribution in [0.3, 0.4) is 0 Å². The van der Waals surface area contributed by atoms with Crippen molar-refractivity contribution in [2.75, 3.05) is 17.8 Å². The Morgan fingerprint density at radius 3 is 2.30 bits per heavy atom. The van der Waals surface area contributed by atoms with Crippen molar-refractivity contribution in [3.63, 3.8) is 0 Å². The summed E-state index contributed by atoms with van der Waals surface area (Å²) in [4.78, 5) is 36.4. The zero-order chi connectivity index (χ0) is 24.2. The summed E-state index contributed by atoms with van der Waals surface area (Å²) in [6, 6.07) is 10.6. The third-order valence-corrected chi connectivity index (χ3v) is 6.75. The van der Waals surface area contributed by atoms with Gasteiger partial charge in [0.1, 0.15) is 0 Å². The van der Waals surface area contributed by atoms with E-state index in [4.69, 9.17) is 0 Å². The monoisotopic (exact) mass is 474 g/mol. The van der Waals surface area contributed by atoms with Crippen molar-refractivity contribution in [2.45, 2.75) is 37.6 Å². The molecule has 1 aliphatic rings. The van der Waals surface area contributed by atoms with Crippen molar-refractivity contribution in [1.82, 2.24) is 10.2 Å². The molecule has 1 saturated heterocycles. The Hall–Kier alpha value is -3.47. The molecule has 2 aromatic carbocycles. The van der Waals surface area contributed by atoms with Gasteiger partial charge in [0.15, 0.2) is 0 Å². The Labute approximate surface area is 192 Å². The Balaban J connectivity index is 1.59. The molecule has 0 spiro atoms. The number of carbonyl (C=O) groups excluding carboxylic acids is 2. The summed E-state index contributed by atoms with van der Waals surface area (Å²) < 4.78 is 27.4. The molecule has 0 aromatic heterocycles. The number of anilines is 1. The zero-order valence-electron chi connectivity index (χ0n) is 18.4. The van der Waals surface area contributed by atoms with Crippen LogP contribution in [0.2, 0.25) is 0 Å². The molecule has 0 aliphatic carbocycles. The number of nitrogens with zero attached hydrogens (tertiary/aromatic N) is 2. The number of likely N-dealkylation sites (tertiary alicyclic amines) is 1. The molecule has 2 N–H and O–H groups in total. The molecule has 0 unspecified atom stereocenters. The molecule has 2 amide bonds. The highest BCUT2D eigenvalue weighted by molar-refractivity contribution is 7.92.